The number of carbonyl (C=O) groups is 2. The molecule has 168 valence electrons. The van der Waals surface area contributed by atoms with Crippen LogP contribution in [-0.4, -0.2) is 17.0 Å². The standard InChI is InChI=1S/C22H44O2.C2H4O2.Na/c1-2-3-4-5-6-7-8-9-10-11-12-13-14-15-16-17-18-19-20-21-22(23)24;1-2(3)4;/h2-21H2,1H3,(H,23,24);1H3,(H,3,4);/q;;+1/p-1. The van der Waals surface area contributed by atoms with Crippen molar-refractivity contribution in [1.29, 1.82) is 0 Å². The van der Waals surface area contributed by atoms with Gasteiger partial charge in [-0.25, -0.2) is 0 Å². The minimum absolute atomic E-state index is 0. The van der Waals surface area contributed by atoms with Crippen LogP contribution in [0.1, 0.15) is 142 Å². The van der Waals surface area contributed by atoms with E-state index in [9.17, 15) is 9.90 Å². The number of carboxylic acid groups (broad SMARTS) is 2. The van der Waals surface area contributed by atoms with Crippen LogP contribution < -0.4 is 34.7 Å². The maximum atomic E-state index is 10.3. The van der Waals surface area contributed by atoms with E-state index in [1.54, 1.807) is 0 Å². The molecule has 0 atom stereocenters. The molecule has 0 spiro atoms. The minimum atomic E-state index is -0.901. The van der Waals surface area contributed by atoms with Gasteiger partial charge in [0, 0.05) is 12.9 Å². The SMILES string of the molecule is CC(=O)O.CCCCCCCCCCCCCCCCCCCCCC(=O)[O-].[Na+]. The Balaban J connectivity index is -0.00000123. The fourth-order valence-corrected chi connectivity index (χ4v) is 3.35. The molecular formula is C24H47NaO4. The predicted octanol–water partition coefficient (Wildman–Crippen LogP) is 3.65. The molecule has 0 aliphatic rings. The van der Waals surface area contributed by atoms with Crippen LogP contribution >= 0.6 is 0 Å². The maximum absolute atomic E-state index is 10.3. The van der Waals surface area contributed by atoms with Crippen LogP contribution in [0.3, 0.4) is 0 Å². The fraction of sp³-hybridized carbons (Fsp3) is 0.917. The summed E-state index contributed by atoms with van der Waals surface area (Å²) in [6.07, 6.45) is 25.7. The van der Waals surface area contributed by atoms with Crippen molar-refractivity contribution in [3.8, 4) is 0 Å². The van der Waals surface area contributed by atoms with Gasteiger partial charge in [0.1, 0.15) is 0 Å². The maximum Gasteiger partial charge on any atom is 1.00 e. The second-order valence-electron chi connectivity index (χ2n) is 8.00. The van der Waals surface area contributed by atoms with Gasteiger partial charge in [-0.2, -0.15) is 0 Å². The van der Waals surface area contributed by atoms with E-state index in [1.165, 1.54) is 109 Å². The van der Waals surface area contributed by atoms with Crippen molar-refractivity contribution in [1.82, 2.24) is 0 Å². The van der Waals surface area contributed by atoms with E-state index in [2.05, 4.69) is 6.92 Å². The van der Waals surface area contributed by atoms with Crippen LogP contribution in [-0.2, 0) is 9.59 Å². The molecule has 5 heteroatoms. The van der Waals surface area contributed by atoms with E-state index in [1.807, 2.05) is 0 Å². The minimum Gasteiger partial charge on any atom is -0.550 e. The van der Waals surface area contributed by atoms with Crippen LogP contribution in [0.5, 0.6) is 0 Å². The summed E-state index contributed by atoms with van der Waals surface area (Å²) in [5.41, 5.74) is 0. The van der Waals surface area contributed by atoms with E-state index >= 15 is 0 Å². The molecule has 0 saturated heterocycles. The third-order valence-corrected chi connectivity index (χ3v) is 4.98. The molecule has 0 aromatic carbocycles. The Bertz CT molecular complexity index is 331. The molecule has 1 N–H and O–H groups in total. The number of unbranched alkanes of at least 4 members (excludes halogenated alkanes) is 18. The summed E-state index contributed by atoms with van der Waals surface area (Å²) in [6.45, 7) is 3.36. The molecule has 0 unspecified atom stereocenters. The Morgan fingerprint density at radius 3 is 1.00 bits per heavy atom. The van der Waals surface area contributed by atoms with E-state index in [4.69, 9.17) is 9.90 Å². The summed E-state index contributed by atoms with van der Waals surface area (Å²) in [6, 6.07) is 0. The van der Waals surface area contributed by atoms with E-state index < -0.39 is 11.9 Å². The molecule has 29 heavy (non-hydrogen) atoms. The molecular weight excluding hydrogens is 375 g/mol. The van der Waals surface area contributed by atoms with Gasteiger partial charge >= 0.3 is 29.6 Å². The average molecular weight is 423 g/mol. The number of hydrogen-bond acceptors (Lipinski definition) is 3. The smallest absolute Gasteiger partial charge is 0.550 e. The quantitative estimate of drug-likeness (QED) is 0.240. The number of rotatable bonds is 20. The summed E-state index contributed by atoms with van der Waals surface area (Å²) in [5, 5.41) is 17.7. The van der Waals surface area contributed by atoms with Crippen LogP contribution in [0.4, 0.5) is 0 Å². The Morgan fingerprint density at radius 1 is 0.586 bits per heavy atom. The molecule has 0 heterocycles. The van der Waals surface area contributed by atoms with Gasteiger partial charge in [0.05, 0.1) is 0 Å². The normalized spacial score (nSPS) is 10.0. The number of hydrogen-bond donors (Lipinski definition) is 1. The third kappa shape index (κ3) is 42.9. The molecule has 0 aromatic rings. The van der Waals surface area contributed by atoms with Gasteiger partial charge in [-0.15, -0.1) is 0 Å². The molecule has 0 amide bonds. The molecule has 0 saturated carbocycles. The largest absolute Gasteiger partial charge is 1.00 e. The van der Waals surface area contributed by atoms with Gasteiger partial charge in [0.15, 0.2) is 0 Å². The van der Waals surface area contributed by atoms with Crippen molar-refractivity contribution in [2.75, 3.05) is 0 Å². The zero-order chi connectivity index (χ0) is 21.3. The first-order chi connectivity index (χ1) is 13.5. The zero-order valence-corrected chi connectivity index (χ0v) is 21.8. The fourth-order valence-electron chi connectivity index (χ4n) is 3.35. The van der Waals surface area contributed by atoms with Crippen LogP contribution in [0.2, 0.25) is 0 Å². The predicted molar refractivity (Wildman–Crippen MR) is 116 cm³/mol. The Kier molecular flexibility index (Phi) is 34.9. The molecule has 0 radical (unpaired) electrons. The third-order valence-electron chi connectivity index (χ3n) is 4.98. The number of carboxylic acids is 2. The van der Waals surface area contributed by atoms with Crippen molar-refractivity contribution < 1.29 is 49.4 Å². The van der Waals surface area contributed by atoms with Crippen LogP contribution in [0.25, 0.3) is 0 Å². The van der Waals surface area contributed by atoms with Crippen molar-refractivity contribution in [2.24, 2.45) is 0 Å². The van der Waals surface area contributed by atoms with Crippen molar-refractivity contribution in [3.63, 3.8) is 0 Å². The molecule has 0 aromatic heterocycles. The molecule has 0 bridgehead atoms. The zero-order valence-electron chi connectivity index (χ0n) is 19.8. The molecule has 0 aliphatic carbocycles. The van der Waals surface area contributed by atoms with E-state index in [0.29, 0.717) is 0 Å². The van der Waals surface area contributed by atoms with Crippen molar-refractivity contribution in [2.45, 2.75) is 142 Å². The first-order valence-electron chi connectivity index (χ1n) is 11.9. The van der Waals surface area contributed by atoms with Gasteiger partial charge in [-0.05, 0) is 12.8 Å². The van der Waals surface area contributed by atoms with Crippen molar-refractivity contribution in [3.05, 3.63) is 0 Å². The summed E-state index contributed by atoms with van der Waals surface area (Å²) in [7, 11) is 0. The second-order valence-corrected chi connectivity index (χ2v) is 8.00. The van der Waals surface area contributed by atoms with Gasteiger partial charge in [-0.1, -0.05) is 122 Å². The first-order valence-corrected chi connectivity index (χ1v) is 11.9. The molecule has 0 fully saturated rings. The Labute approximate surface area is 202 Å². The van der Waals surface area contributed by atoms with Crippen LogP contribution in [0, 0.1) is 0 Å². The summed E-state index contributed by atoms with van der Waals surface area (Å²) in [4.78, 5) is 19.3. The summed E-state index contributed by atoms with van der Waals surface area (Å²) in [5.74, 6) is -1.73. The van der Waals surface area contributed by atoms with E-state index in [-0.39, 0.29) is 36.0 Å². The number of aliphatic carboxylic acids is 2. The monoisotopic (exact) mass is 422 g/mol. The van der Waals surface area contributed by atoms with Gasteiger partial charge in [0.2, 0.25) is 0 Å². The van der Waals surface area contributed by atoms with E-state index in [0.717, 1.165) is 19.8 Å². The van der Waals surface area contributed by atoms with Crippen molar-refractivity contribution >= 4 is 11.9 Å². The van der Waals surface area contributed by atoms with Gasteiger partial charge < -0.3 is 15.0 Å². The summed E-state index contributed by atoms with van der Waals surface area (Å²) >= 11 is 0. The number of carbonyl (C=O) groups excluding carboxylic acids is 1. The Hall–Kier alpha value is -0.0600. The topological polar surface area (TPSA) is 77.4 Å². The molecule has 4 nitrogen and oxygen atoms in total. The van der Waals surface area contributed by atoms with Gasteiger partial charge in [-0.3, -0.25) is 4.79 Å². The van der Waals surface area contributed by atoms with Gasteiger partial charge in [0.25, 0.3) is 5.97 Å². The first kappa shape index (κ1) is 33.6. The average Bonchev–Trinajstić information content (AvgIpc) is 2.63. The summed E-state index contributed by atoms with van der Waals surface area (Å²) < 4.78 is 0. The second kappa shape index (κ2) is 30.1. The molecule has 0 rings (SSSR count). The molecule has 0 aliphatic heterocycles. The van der Waals surface area contributed by atoms with Crippen LogP contribution in [0.15, 0.2) is 0 Å². The Morgan fingerprint density at radius 2 is 0.793 bits per heavy atom.